The summed E-state index contributed by atoms with van der Waals surface area (Å²) in [5, 5.41) is 0. The van der Waals surface area contributed by atoms with Crippen LogP contribution < -0.4 is 0 Å². The van der Waals surface area contributed by atoms with Gasteiger partial charge in [0.25, 0.3) is 0 Å². The maximum atomic E-state index is 2.32. The molecule has 1 aliphatic carbocycles. The molecule has 0 amide bonds. The highest BCUT2D eigenvalue weighted by atomic mass is 14.3. The third-order valence-electron chi connectivity index (χ3n) is 7.77. The largest absolute Gasteiger partial charge is 0.0622 e. The highest BCUT2D eigenvalue weighted by molar-refractivity contribution is 6.04. The predicted octanol–water partition coefficient (Wildman–Crippen LogP) is 9.85. The number of hydrogen-bond acceptors (Lipinski definition) is 0. The molecule has 0 spiro atoms. The Balaban J connectivity index is 1.68. The van der Waals surface area contributed by atoms with E-state index >= 15 is 0 Å². The SMILES string of the molecule is c1ccc(Cc2c3c(c(-c4ccccc4)c(-c4ccccc4)c2-c2ccccc2)Cc2ccccc2-3)cc1. The molecule has 6 aromatic carbocycles. The van der Waals surface area contributed by atoms with Crippen LogP contribution in [0.2, 0.25) is 0 Å². The first-order valence-electron chi connectivity index (χ1n) is 13.4. The molecule has 0 N–H and O–H groups in total. The Hall–Kier alpha value is -4.68. The fourth-order valence-electron chi connectivity index (χ4n) is 6.19. The molecule has 0 atom stereocenters. The Kier molecular flexibility index (Phi) is 5.72. The van der Waals surface area contributed by atoms with Gasteiger partial charge in [-0.3, -0.25) is 0 Å². The van der Waals surface area contributed by atoms with E-state index in [0.717, 1.165) is 12.8 Å². The molecule has 6 aromatic rings. The van der Waals surface area contributed by atoms with Gasteiger partial charge >= 0.3 is 0 Å². The molecule has 0 aliphatic heterocycles. The molecule has 0 fully saturated rings. The van der Waals surface area contributed by atoms with Crippen molar-refractivity contribution in [2.75, 3.05) is 0 Å². The second kappa shape index (κ2) is 9.65. The van der Waals surface area contributed by atoms with Gasteiger partial charge in [0.2, 0.25) is 0 Å². The summed E-state index contributed by atoms with van der Waals surface area (Å²) in [6, 6.07) is 52.9. The van der Waals surface area contributed by atoms with Gasteiger partial charge in [-0.05, 0) is 79.6 Å². The van der Waals surface area contributed by atoms with E-state index in [4.69, 9.17) is 0 Å². The lowest BCUT2D eigenvalue weighted by Gasteiger charge is -2.25. The zero-order chi connectivity index (χ0) is 25.3. The molecule has 0 nitrogen and oxygen atoms in total. The van der Waals surface area contributed by atoms with Crippen LogP contribution in [0.1, 0.15) is 22.3 Å². The van der Waals surface area contributed by atoms with E-state index in [-0.39, 0.29) is 0 Å². The topological polar surface area (TPSA) is 0 Å². The molecular formula is C38H28. The smallest absolute Gasteiger partial charge is 0.000695 e. The van der Waals surface area contributed by atoms with Gasteiger partial charge in [0, 0.05) is 0 Å². The first-order valence-corrected chi connectivity index (χ1v) is 13.4. The van der Waals surface area contributed by atoms with Crippen molar-refractivity contribution in [1.82, 2.24) is 0 Å². The molecule has 0 saturated heterocycles. The molecule has 0 aromatic heterocycles. The highest BCUT2D eigenvalue weighted by Gasteiger charge is 2.31. The Morgan fingerprint density at radius 2 is 0.868 bits per heavy atom. The molecular weight excluding hydrogens is 456 g/mol. The van der Waals surface area contributed by atoms with Crippen LogP contribution in [-0.2, 0) is 12.8 Å². The van der Waals surface area contributed by atoms with Gasteiger partial charge in [-0.1, -0.05) is 146 Å². The van der Waals surface area contributed by atoms with Gasteiger partial charge in [-0.2, -0.15) is 0 Å². The van der Waals surface area contributed by atoms with Crippen LogP contribution in [0.25, 0.3) is 44.5 Å². The molecule has 7 rings (SSSR count). The van der Waals surface area contributed by atoms with Crippen molar-refractivity contribution in [3.05, 3.63) is 168 Å². The van der Waals surface area contributed by atoms with Gasteiger partial charge in [-0.25, -0.2) is 0 Å². The highest BCUT2D eigenvalue weighted by Crippen LogP contribution is 2.53. The second-order valence-corrected chi connectivity index (χ2v) is 10.1. The van der Waals surface area contributed by atoms with Gasteiger partial charge in [0.05, 0.1) is 0 Å². The summed E-state index contributed by atoms with van der Waals surface area (Å²) in [7, 11) is 0. The summed E-state index contributed by atoms with van der Waals surface area (Å²) in [6.45, 7) is 0. The van der Waals surface area contributed by atoms with Crippen molar-refractivity contribution in [3.8, 4) is 44.5 Å². The lowest BCUT2D eigenvalue weighted by atomic mass is 9.77. The molecule has 0 unspecified atom stereocenters. The maximum absolute atomic E-state index is 2.32. The number of hydrogen-bond donors (Lipinski definition) is 0. The van der Waals surface area contributed by atoms with Crippen molar-refractivity contribution in [3.63, 3.8) is 0 Å². The van der Waals surface area contributed by atoms with Gasteiger partial charge in [0.15, 0.2) is 0 Å². The molecule has 0 heterocycles. The molecule has 0 heteroatoms. The van der Waals surface area contributed by atoms with Crippen LogP contribution in [0.15, 0.2) is 146 Å². The maximum Gasteiger partial charge on any atom is -0.000695 e. The summed E-state index contributed by atoms with van der Waals surface area (Å²) in [6.07, 6.45) is 1.84. The predicted molar refractivity (Wildman–Crippen MR) is 160 cm³/mol. The molecule has 38 heavy (non-hydrogen) atoms. The Bertz CT molecular complexity index is 1710. The van der Waals surface area contributed by atoms with Gasteiger partial charge in [0.1, 0.15) is 0 Å². The van der Waals surface area contributed by atoms with Crippen molar-refractivity contribution < 1.29 is 0 Å². The van der Waals surface area contributed by atoms with Crippen LogP contribution in [-0.4, -0.2) is 0 Å². The molecule has 0 radical (unpaired) electrons. The average Bonchev–Trinajstić information content (AvgIpc) is 3.38. The fourth-order valence-corrected chi connectivity index (χ4v) is 6.19. The van der Waals surface area contributed by atoms with E-state index in [9.17, 15) is 0 Å². The Morgan fingerprint density at radius 3 is 1.47 bits per heavy atom. The summed E-state index contributed by atoms with van der Waals surface area (Å²) >= 11 is 0. The summed E-state index contributed by atoms with van der Waals surface area (Å²) in [5.41, 5.74) is 16.3. The normalized spacial score (nSPS) is 11.7. The standard InChI is InChI=1S/C38H28/c1-5-15-27(16-6-1)25-33-35(28-17-7-2-8-18-28)37(30-21-11-4-12-22-30)36(29-19-9-3-10-20-29)34-26-31-23-13-14-24-32(31)38(33)34/h1-24H,25-26H2. The Labute approximate surface area is 224 Å². The Morgan fingerprint density at radius 1 is 0.395 bits per heavy atom. The van der Waals surface area contributed by atoms with Crippen molar-refractivity contribution in [2.24, 2.45) is 0 Å². The van der Waals surface area contributed by atoms with Crippen LogP contribution in [0.3, 0.4) is 0 Å². The fraction of sp³-hybridized carbons (Fsp3) is 0.0526. The molecule has 0 saturated carbocycles. The number of benzene rings is 6. The third-order valence-corrected chi connectivity index (χ3v) is 7.77. The van der Waals surface area contributed by atoms with E-state index in [1.54, 1.807) is 0 Å². The molecule has 0 bridgehead atoms. The minimum Gasteiger partial charge on any atom is -0.0622 e. The van der Waals surface area contributed by atoms with Crippen molar-refractivity contribution in [1.29, 1.82) is 0 Å². The summed E-state index contributed by atoms with van der Waals surface area (Å²) in [4.78, 5) is 0. The first kappa shape index (κ1) is 22.5. The monoisotopic (exact) mass is 484 g/mol. The van der Waals surface area contributed by atoms with E-state index < -0.39 is 0 Å². The van der Waals surface area contributed by atoms with E-state index in [1.807, 2.05) is 0 Å². The summed E-state index contributed by atoms with van der Waals surface area (Å²) < 4.78 is 0. The molecule has 180 valence electrons. The number of rotatable bonds is 5. The molecule has 1 aliphatic rings. The second-order valence-electron chi connectivity index (χ2n) is 10.1. The van der Waals surface area contributed by atoms with Crippen LogP contribution >= 0.6 is 0 Å². The van der Waals surface area contributed by atoms with Crippen molar-refractivity contribution in [2.45, 2.75) is 12.8 Å². The van der Waals surface area contributed by atoms with E-state index in [0.29, 0.717) is 0 Å². The van der Waals surface area contributed by atoms with E-state index in [2.05, 4.69) is 146 Å². The quantitative estimate of drug-likeness (QED) is 0.228. The lowest BCUT2D eigenvalue weighted by molar-refractivity contribution is 1.18. The lowest BCUT2D eigenvalue weighted by Crippen LogP contribution is -2.04. The minimum absolute atomic E-state index is 0.886. The van der Waals surface area contributed by atoms with Gasteiger partial charge < -0.3 is 0 Å². The van der Waals surface area contributed by atoms with Gasteiger partial charge in [-0.15, -0.1) is 0 Å². The zero-order valence-corrected chi connectivity index (χ0v) is 21.3. The van der Waals surface area contributed by atoms with Crippen LogP contribution in [0.4, 0.5) is 0 Å². The van der Waals surface area contributed by atoms with Crippen molar-refractivity contribution >= 4 is 0 Å². The number of fused-ring (bicyclic) bond motifs is 3. The minimum atomic E-state index is 0.886. The van der Waals surface area contributed by atoms with Crippen LogP contribution in [0, 0.1) is 0 Å². The third kappa shape index (κ3) is 3.86. The average molecular weight is 485 g/mol. The zero-order valence-electron chi connectivity index (χ0n) is 21.3. The van der Waals surface area contributed by atoms with E-state index in [1.165, 1.54) is 66.8 Å². The first-order chi connectivity index (χ1) is 18.9. The summed E-state index contributed by atoms with van der Waals surface area (Å²) in [5.74, 6) is 0. The van der Waals surface area contributed by atoms with Crippen LogP contribution in [0.5, 0.6) is 0 Å².